The van der Waals surface area contributed by atoms with Crippen LogP contribution in [0.1, 0.15) is 30.9 Å². The van der Waals surface area contributed by atoms with E-state index in [0.717, 1.165) is 16.9 Å². The summed E-state index contributed by atoms with van der Waals surface area (Å²) in [5, 5.41) is 5.64. The SMILES string of the molecule is COc1ccc(CNC(=O)C(C)NC(=O)C2CCN(C(=O)C(N)Cc3ccccc3)CC2)cc1. The van der Waals surface area contributed by atoms with E-state index in [4.69, 9.17) is 10.5 Å². The quantitative estimate of drug-likeness (QED) is 0.520. The van der Waals surface area contributed by atoms with E-state index >= 15 is 0 Å². The Bertz CT molecular complexity index is 957. The summed E-state index contributed by atoms with van der Waals surface area (Å²) >= 11 is 0. The van der Waals surface area contributed by atoms with E-state index in [0.29, 0.717) is 38.9 Å². The van der Waals surface area contributed by atoms with Crippen molar-refractivity contribution in [3.8, 4) is 5.75 Å². The number of rotatable bonds is 9. The number of nitrogens with two attached hydrogens (primary N) is 1. The number of likely N-dealkylation sites (tertiary alicyclic amines) is 1. The first-order valence-corrected chi connectivity index (χ1v) is 11.7. The zero-order valence-corrected chi connectivity index (χ0v) is 19.8. The first-order valence-electron chi connectivity index (χ1n) is 11.7. The fourth-order valence-corrected chi connectivity index (χ4v) is 4.03. The topological polar surface area (TPSA) is 114 Å². The van der Waals surface area contributed by atoms with Crippen molar-refractivity contribution in [1.82, 2.24) is 15.5 Å². The number of benzene rings is 2. The van der Waals surface area contributed by atoms with Crippen molar-refractivity contribution in [3.63, 3.8) is 0 Å². The Kier molecular flexibility index (Phi) is 9.04. The second kappa shape index (κ2) is 12.2. The van der Waals surface area contributed by atoms with Crippen molar-refractivity contribution in [2.45, 2.75) is 44.8 Å². The average Bonchev–Trinajstić information content (AvgIpc) is 2.87. The molecule has 182 valence electrons. The second-order valence-electron chi connectivity index (χ2n) is 8.69. The summed E-state index contributed by atoms with van der Waals surface area (Å²) in [7, 11) is 1.60. The van der Waals surface area contributed by atoms with Crippen LogP contribution >= 0.6 is 0 Å². The van der Waals surface area contributed by atoms with Gasteiger partial charge in [-0.3, -0.25) is 14.4 Å². The molecule has 1 saturated heterocycles. The van der Waals surface area contributed by atoms with Crippen LogP contribution in [-0.2, 0) is 27.3 Å². The lowest BCUT2D eigenvalue weighted by molar-refractivity contribution is -0.137. The molecule has 34 heavy (non-hydrogen) atoms. The summed E-state index contributed by atoms with van der Waals surface area (Å²) in [6.45, 7) is 3.00. The van der Waals surface area contributed by atoms with E-state index in [1.165, 1.54) is 0 Å². The molecule has 0 spiro atoms. The molecule has 0 aromatic heterocycles. The van der Waals surface area contributed by atoms with Gasteiger partial charge in [-0.25, -0.2) is 0 Å². The van der Waals surface area contributed by atoms with E-state index in [2.05, 4.69) is 10.6 Å². The highest BCUT2D eigenvalue weighted by atomic mass is 16.5. The number of piperidine rings is 1. The Morgan fingerprint density at radius 3 is 2.29 bits per heavy atom. The molecule has 2 unspecified atom stereocenters. The largest absolute Gasteiger partial charge is 0.497 e. The van der Waals surface area contributed by atoms with Crippen molar-refractivity contribution in [3.05, 3.63) is 65.7 Å². The van der Waals surface area contributed by atoms with Crippen molar-refractivity contribution < 1.29 is 19.1 Å². The molecule has 0 aliphatic carbocycles. The van der Waals surface area contributed by atoms with Crippen LogP contribution in [0.15, 0.2) is 54.6 Å². The standard InChI is InChI=1S/C26H34N4O4/c1-18(24(31)28-17-20-8-10-22(34-2)11-9-20)29-25(32)21-12-14-30(15-13-21)26(33)23(27)16-19-6-4-3-5-7-19/h3-11,18,21,23H,12-17,27H2,1-2H3,(H,28,31)(H,29,32). The minimum Gasteiger partial charge on any atom is -0.497 e. The van der Waals surface area contributed by atoms with Crippen LogP contribution in [0.2, 0.25) is 0 Å². The molecule has 1 fully saturated rings. The highest BCUT2D eigenvalue weighted by Crippen LogP contribution is 2.19. The van der Waals surface area contributed by atoms with Gasteiger partial charge >= 0.3 is 0 Å². The number of hydrogen-bond donors (Lipinski definition) is 3. The summed E-state index contributed by atoms with van der Waals surface area (Å²) in [6, 6.07) is 15.9. The number of carbonyl (C=O) groups excluding carboxylic acids is 3. The lowest BCUT2D eigenvalue weighted by Crippen LogP contribution is -2.51. The maximum absolute atomic E-state index is 12.7. The predicted octanol–water partition coefficient (Wildman–Crippen LogP) is 1.62. The van der Waals surface area contributed by atoms with Crippen LogP contribution in [-0.4, -0.2) is 54.9 Å². The Hall–Kier alpha value is -3.39. The Morgan fingerprint density at radius 1 is 1.03 bits per heavy atom. The van der Waals surface area contributed by atoms with Crippen LogP contribution in [0.3, 0.4) is 0 Å². The first kappa shape index (κ1) is 25.2. The second-order valence-corrected chi connectivity index (χ2v) is 8.69. The van der Waals surface area contributed by atoms with E-state index in [-0.39, 0.29) is 23.6 Å². The van der Waals surface area contributed by atoms with Gasteiger partial charge in [-0.05, 0) is 49.4 Å². The molecule has 1 aliphatic heterocycles. The van der Waals surface area contributed by atoms with E-state index in [1.807, 2.05) is 54.6 Å². The molecule has 2 aromatic carbocycles. The number of ether oxygens (including phenoxy) is 1. The fourth-order valence-electron chi connectivity index (χ4n) is 4.03. The number of amides is 3. The van der Waals surface area contributed by atoms with Crippen molar-refractivity contribution >= 4 is 17.7 Å². The molecular formula is C26H34N4O4. The number of carbonyl (C=O) groups is 3. The molecule has 3 rings (SSSR count). The van der Waals surface area contributed by atoms with Gasteiger partial charge in [-0.2, -0.15) is 0 Å². The molecule has 8 nitrogen and oxygen atoms in total. The third-order valence-electron chi connectivity index (χ3n) is 6.17. The van der Waals surface area contributed by atoms with E-state index in [1.54, 1.807) is 18.9 Å². The van der Waals surface area contributed by atoms with Gasteiger partial charge in [0, 0.05) is 25.6 Å². The summed E-state index contributed by atoms with van der Waals surface area (Å²) in [4.78, 5) is 39.5. The summed E-state index contributed by atoms with van der Waals surface area (Å²) in [6.07, 6.45) is 1.59. The Morgan fingerprint density at radius 2 is 1.68 bits per heavy atom. The van der Waals surface area contributed by atoms with Crippen LogP contribution in [0.4, 0.5) is 0 Å². The molecule has 0 bridgehead atoms. The third-order valence-corrected chi connectivity index (χ3v) is 6.17. The van der Waals surface area contributed by atoms with E-state index in [9.17, 15) is 14.4 Å². The van der Waals surface area contributed by atoms with Gasteiger partial charge in [0.15, 0.2) is 0 Å². The van der Waals surface area contributed by atoms with Gasteiger partial charge in [0.25, 0.3) is 0 Å². The van der Waals surface area contributed by atoms with Gasteiger partial charge in [0.2, 0.25) is 17.7 Å². The molecule has 1 heterocycles. The van der Waals surface area contributed by atoms with Gasteiger partial charge < -0.3 is 26.0 Å². The lowest BCUT2D eigenvalue weighted by atomic mass is 9.94. The molecule has 3 amide bonds. The van der Waals surface area contributed by atoms with E-state index < -0.39 is 12.1 Å². The predicted molar refractivity (Wildman–Crippen MR) is 130 cm³/mol. The zero-order chi connectivity index (χ0) is 24.5. The van der Waals surface area contributed by atoms with Crippen LogP contribution in [0, 0.1) is 5.92 Å². The zero-order valence-electron chi connectivity index (χ0n) is 19.8. The van der Waals surface area contributed by atoms with Crippen molar-refractivity contribution in [2.24, 2.45) is 11.7 Å². The van der Waals surface area contributed by atoms with Gasteiger partial charge in [-0.1, -0.05) is 42.5 Å². The van der Waals surface area contributed by atoms with Crippen LogP contribution < -0.4 is 21.1 Å². The van der Waals surface area contributed by atoms with Crippen molar-refractivity contribution in [1.29, 1.82) is 0 Å². The summed E-state index contributed by atoms with van der Waals surface area (Å²) < 4.78 is 5.13. The monoisotopic (exact) mass is 466 g/mol. The number of hydrogen-bond acceptors (Lipinski definition) is 5. The highest BCUT2D eigenvalue weighted by molar-refractivity contribution is 5.88. The third kappa shape index (κ3) is 7.05. The lowest BCUT2D eigenvalue weighted by Gasteiger charge is -2.33. The molecule has 4 N–H and O–H groups in total. The summed E-state index contributed by atoms with van der Waals surface area (Å²) in [5.41, 5.74) is 8.10. The Balaban J connectivity index is 1.40. The molecule has 1 aliphatic rings. The summed E-state index contributed by atoms with van der Waals surface area (Å²) in [5.74, 6) is 0.0262. The maximum atomic E-state index is 12.7. The minimum atomic E-state index is -0.648. The molecule has 2 aromatic rings. The highest BCUT2D eigenvalue weighted by Gasteiger charge is 2.30. The normalized spacial score (nSPS) is 15.8. The number of nitrogens with one attached hydrogen (secondary N) is 2. The van der Waals surface area contributed by atoms with Gasteiger partial charge in [0.1, 0.15) is 11.8 Å². The molecule has 0 saturated carbocycles. The molecule has 8 heteroatoms. The number of methoxy groups -OCH3 is 1. The molecule has 2 atom stereocenters. The number of nitrogens with zero attached hydrogens (tertiary/aromatic N) is 1. The van der Waals surface area contributed by atoms with Gasteiger partial charge in [-0.15, -0.1) is 0 Å². The fraction of sp³-hybridized carbons (Fsp3) is 0.423. The smallest absolute Gasteiger partial charge is 0.242 e. The average molecular weight is 467 g/mol. The molecular weight excluding hydrogens is 432 g/mol. The van der Waals surface area contributed by atoms with Crippen LogP contribution in [0.5, 0.6) is 5.75 Å². The van der Waals surface area contributed by atoms with Crippen molar-refractivity contribution in [2.75, 3.05) is 20.2 Å². The Labute approximate surface area is 200 Å². The maximum Gasteiger partial charge on any atom is 0.242 e. The molecule has 0 radical (unpaired) electrons. The van der Waals surface area contributed by atoms with Crippen LogP contribution in [0.25, 0.3) is 0 Å². The first-order chi connectivity index (χ1) is 16.4. The van der Waals surface area contributed by atoms with Gasteiger partial charge in [0.05, 0.1) is 13.2 Å². The minimum absolute atomic E-state index is 0.0889.